The Hall–Kier alpha value is -0.820. The van der Waals surface area contributed by atoms with Gasteiger partial charge in [-0.2, -0.15) is 0 Å². The third kappa shape index (κ3) is 3.60. The SMILES string of the molecule is NCC(NCCCCO)c1cc(Br)c2c(c1)OCO2. The van der Waals surface area contributed by atoms with E-state index in [-0.39, 0.29) is 19.4 Å². The first kappa shape index (κ1) is 14.6. The number of benzene rings is 1. The van der Waals surface area contributed by atoms with Crippen LogP contribution >= 0.6 is 15.9 Å². The van der Waals surface area contributed by atoms with Crippen LogP contribution < -0.4 is 20.5 Å². The Balaban J connectivity index is 2.04. The predicted octanol–water partition coefficient (Wildman–Crippen LogP) is 1.54. The monoisotopic (exact) mass is 330 g/mol. The van der Waals surface area contributed by atoms with Crippen molar-refractivity contribution in [1.82, 2.24) is 5.32 Å². The van der Waals surface area contributed by atoms with Crippen LogP contribution in [-0.4, -0.2) is 31.6 Å². The van der Waals surface area contributed by atoms with E-state index in [1.165, 1.54) is 0 Å². The highest BCUT2D eigenvalue weighted by Crippen LogP contribution is 2.41. The fraction of sp³-hybridized carbons (Fsp3) is 0.538. The number of nitrogens with one attached hydrogen (secondary N) is 1. The van der Waals surface area contributed by atoms with Crippen LogP contribution in [0.1, 0.15) is 24.4 Å². The van der Waals surface area contributed by atoms with Gasteiger partial charge < -0.3 is 25.6 Å². The third-order valence-corrected chi connectivity index (χ3v) is 3.65. The zero-order valence-corrected chi connectivity index (χ0v) is 12.3. The maximum absolute atomic E-state index is 8.76. The highest BCUT2D eigenvalue weighted by molar-refractivity contribution is 9.10. The molecular formula is C13H19BrN2O3. The van der Waals surface area contributed by atoms with Crippen LogP contribution in [0.4, 0.5) is 0 Å². The van der Waals surface area contributed by atoms with Crippen molar-refractivity contribution in [2.75, 3.05) is 26.5 Å². The molecule has 0 bridgehead atoms. The van der Waals surface area contributed by atoms with Crippen LogP contribution in [0.3, 0.4) is 0 Å². The Kier molecular flexibility index (Phi) is 5.45. The second-order valence-corrected chi connectivity index (χ2v) is 5.26. The molecule has 0 saturated carbocycles. The van der Waals surface area contributed by atoms with Crippen molar-refractivity contribution in [3.8, 4) is 11.5 Å². The van der Waals surface area contributed by atoms with E-state index < -0.39 is 0 Å². The zero-order chi connectivity index (χ0) is 13.7. The molecule has 0 saturated heterocycles. The summed E-state index contributed by atoms with van der Waals surface area (Å²) >= 11 is 3.48. The molecule has 1 aliphatic rings. The molecule has 0 aromatic heterocycles. The summed E-state index contributed by atoms with van der Waals surface area (Å²) in [4.78, 5) is 0. The molecule has 0 spiro atoms. The summed E-state index contributed by atoms with van der Waals surface area (Å²) in [5.41, 5.74) is 6.89. The first-order chi connectivity index (χ1) is 9.26. The number of nitrogens with two attached hydrogens (primary N) is 1. The van der Waals surface area contributed by atoms with Crippen molar-refractivity contribution in [2.24, 2.45) is 5.73 Å². The highest BCUT2D eigenvalue weighted by Gasteiger charge is 2.20. The lowest BCUT2D eigenvalue weighted by Crippen LogP contribution is -2.29. The molecule has 19 heavy (non-hydrogen) atoms. The number of fused-ring (bicyclic) bond motifs is 1. The van der Waals surface area contributed by atoms with E-state index in [2.05, 4.69) is 21.2 Å². The summed E-state index contributed by atoms with van der Waals surface area (Å²) in [6, 6.07) is 4.04. The van der Waals surface area contributed by atoms with Gasteiger partial charge in [0.05, 0.1) is 4.47 Å². The predicted molar refractivity (Wildman–Crippen MR) is 76.4 cm³/mol. The smallest absolute Gasteiger partial charge is 0.231 e. The van der Waals surface area contributed by atoms with Gasteiger partial charge in [-0.3, -0.25) is 0 Å². The van der Waals surface area contributed by atoms with Gasteiger partial charge in [0.2, 0.25) is 6.79 Å². The molecule has 1 aromatic rings. The molecule has 1 atom stereocenters. The second kappa shape index (κ2) is 7.09. The standard InChI is InChI=1S/C13H19BrN2O3/c14-10-5-9(6-12-13(10)19-8-18-12)11(7-15)16-3-1-2-4-17/h5-6,11,16-17H,1-4,7-8,15H2. The molecule has 0 radical (unpaired) electrons. The lowest BCUT2D eigenvalue weighted by molar-refractivity contribution is 0.173. The summed E-state index contributed by atoms with van der Waals surface area (Å²) in [7, 11) is 0. The van der Waals surface area contributed by atoms with Crippen molar-refractivity contribution in [3.05, 3.63) is 22.2 Å². The molecule has 5 nitrogen and oxygen atoms in total. The fourth-order valence-electron chi connectivity index (χ4n) is 2.04. The molecule has 0 amide bonds. The van der Waals surface area contributed by atoms with Crippen molar-refractivity contribution in [1.29, 1.82) is 0 Å². The molecular weight excluding hydrogens is 312 g/mol. The largest absolute Gasteiger partial charge is 0.454 e. The molecule has 106 valence electrons. The van der Waals surface area contributed by atoms with Crippen molar-refractivity contribution in [3.63, 3.8) is 0 Å². The van der Waals surface area contributed by atoms with Gasteiger partial charge in [0.25, 0.3) is 0 Å². The summed E-state index contributed by atoms with van der Waals surface area (Å²) in [5, 5.41) is 12.1. The molecule has 4 N–H and O–H groups in total. The Morgan fingerprint density at radius 2 is 2.21 bits per heavy atom. The molecule has 1 aromatic carbocycles. The number of hydrogen-bond donors (Lipinski definition) is 3. The van der Waals surface area contributed by atoms with Gasteiger partial charge in [-0.05, 0) is 53.0 Å². The van der Waals surface area contributed by atoms with Gasteiger partial charge in [0.1, 0.15) is 0 Å². The maximum atomic E-state index is 8.76. The molecule has 6 heteroatoms. The number of rotatable bonds is 7. The molecule has 2 rings (SSSR count). The molecule has 1 unspecified atom stereocenters. The number of halogens is 1. The topological polar surface area (TPSA) is 76.7 Å². The lowest BCUT2D eigenvalue weighted by atomic mass is 10.1. The van der Waals surface area contributed by atoms with Gasteiger partial charge in [-0.25, -0.2) is 0 Å². The number of aliphatic hydroxyl groups excluding tert-OH is 1. The average Bonchev–Trinajstić information content (AvgIpc) is 2.88. The highest BCUT2D eigenvalue weighted by atomic mass is 79.9. The van der Waals surface area contributed by atoms with E-state index in [1.807, 2.05) is 12.1 Å². The Bertz CT molecular complexity index is 429. The van der Waals surface area contributed by atoms with E-state index in [0.717, 1.165) is 40.9 Å². The fourth-order valence-corrected chi connectivity index (χ4v) is 2.61. The summed E-state index contributed by atoms with van der Waals surface area (Å²) in [6.07, 6.45) is 1.73. The number of ether oxygens (including phenoxy) is 2. The van der Waals surface area contributed by atoms with Crippen LogP contribution in [0.5, 0.6) is 11.5 Å². The lowest BCUT2D eigenvalue weighted by Gasteiger charge is -2.18. The zero-order valence-electron chi connectivity index (χ0n) is 10.7. The summed E-state index contributed by atoms with van der Waals surface area (Å²) in [5.74, 6) is 1.50. The van der Waals surface area contributed by atoms with Gasteiger partial charge >= 0.3 is 0 Å². The number of hydrogen-bond acceptors (Lipinski definition) is 5. The molecule has 1 heterocycles. The van der Waals surface area contributed by atoms with E-state index >= 15 is 0 Å². The number of aliphatic hydroxyl groups is 1. The van der Waals surface area contributed by atoms with E-state index in [4.69, 9.17) is 20.3 Å². The normalized spacial score (nSPS) is 14.7. The van der Waals surface area contributed by atoms with Crippen LogP contribution in [0.2, 0.25) is 0 Å². The Morgan fingerprint density at radius 1 is 1.37 bits per heavy atom. The van der Waals surface area contributed by atoms with Gasteiger partial charge in [-0.15, -0.1) is 0 Å². The second-order valence-electron chi connectivity index (χ2n) is 4.41. The quantitative estimate of drug-likeness (QED) is 0.661. The van der Waals surface area contributed by atoms with Gasteiger partial charge in [0, 0.05) is 19.2 Å². The van der Waals surface area contributed by atoms with Crippen LogP contribution in [0.25, 0.3) is 0 Å². The molecule has 0 aliphatic carbocycles. The Labute approximate surface area is 121 Å². The summed E-state index contributed by atoms with van der Waals surface area (Å²) in [6.45, 7) is 1.82. The molecule has 0 fully saturated rings. The van der Waals surface area contributed by atoms with Gasteiger partial charge in [0.15, 0.2) is 11.5 Å². The van der Waals surface area contributed by atoms with Crippen LogP contribution in [-0.2, 0) is 0 Å². The number of unbranched alkanes of at least 4 members (excludes halogenated alkanes) is 1. The summed E-state index contributed by atoms with van der Waals surface area (Å²) < 4.78 is 11.6. The van der Waals surface area contributed by atoms with Gasteiger partial charge in [-0.1, -0.05) is 0 Å². The minimum absolute atomic E-state index is 0.0736. The first-order valence-electron chi connectivity index (χ1n) is 6.39. The minimum atomic E-state index is 0.0736. The van der Waals surface area contributed by atoms with E-state index in [1.54, 1.807) is 0 Å². The van der Waals surface area contributed by atoms with Crippen LogP contribution in [0, 0.1) is 0 Å². The maximum Gasteiger partial charge on any atom is 0.231 e. The first-order valence-corrected chi connectivity index (χ1v) is 7.19. The Morgan fingerprint density at radius 3 is 2.95 bits per heavy atom. The minimum Gasteiger partial charge on any atom is -0.454 e. The van der Waals surface area contributed by atoms with E-state index in [9.17, 15) is 0 Å². The third-order valence-electron chi connectivity index (χ3n) is 3.06. The average molecular weight is 331 g/mol. The van der Waals surface area contributed by atoms with Crippen molar-refractivity contribution >= 4 is 15.9 Å². The molecule has 1 aliphatic heterocycles. The van der Waals surface area contributed by atoms with Crippen LogP contribution in [0.15, 0.2) is 16.6 Å². The van der Waals surface area contributed by atoms with E-state index in [0.29, 0.717) is 6.54 Å². The van der Waals surface area contributed by atoms with Crippen molar-refractivity contribution < 1.29 is 14.6 Å². The van der Waals surface area contributed by atoms with Crippen molar-refractivity contribution in [2.45, 2.75) is 18.9 Å².